The molecule has 0 aliphatic rings. The molecule has 0 spiro atoms. The fourth-order valence-corrected chi connectivity index (χ4v) is 3.75. The van der Waals surface area contributed by atoms with Gasteiger partial charge in [-0.15, -0.1) is 0 Å². The third kappa shape index (κ3) is 6.01. The van der Waals surface area contributed by atoms with Crippen molar-refractivity contribution in [2.75, 3.05) is 0 Å². The smallest absolute Gasteiger partial charge is 0.0552 e. The lowest BCUT2D eigenvalue weighted by molar-refractivity contribution is 0.182. The summed E-state index contributed by atoms with van der Waals surface area (Å²) in [6, 6.07) is 0. The van der Waals surface area contributed by atoms with Crippen molar-refractivity contribution in [2.24, 2.45) is 11.5 Å². The summed E-state index contributed by atoms with van der Waals surface area (Å²) in [7, 11) is 0. The molecule has 1 aromatic rings. The van der Waals surface area contributed by atoms with Gasteiger partial charge in [-0.1, -0.05) is 0 Å². The Kier molecular flexibility index (Phi) is 9.16. The van der Waals surface area contributed by atoms with Gasteiger partial charge in [-0.25, -0.2) is 0 Å². The minimum absolute atomic E-state index is 0.267. The minimum atomic E-state index is -0.579. The van der Waals surface area contributed by atoms with Crippen LogP contribution in [-0.2, 0) is 38.8 Å². The SMILES string of the molecule is CC(O)Cc1c(CN)c(CN)c(CC(C)O)c(CC(C)O)c1CC(C)O. The molecule has 0 radical (unpaired) electrons. The Hall–Kier alpha value is -1.02. The molecule has 0 saturated carbocycles. The highest BCUT2D eigenvalue weighted by atomic mass is 16.3. The average molecular weight is 369 g/mol. The normalized spacial score (nSPS) is 16.4. The standard InChI is InChI=1S/C20H36N2O4/c1-11(23)5-15-16(6-12(2)24)18(8-14(4)26)20(10-22)19(9-21)17(15)7-13(3)25/h11-14,23-26H,5-10,21-22H2,1-4H3. The van der Waals surface area contributed by atoms with Crippen molar-refractivity contribution in [3.05, 3.63) is 33.4 Å². The van der Waals surface area contributed by atoms with E-state index in [1.807, 2.05) is 0 Å². The molecule has 0 heterocycles. The van der Waals surface area contributed by atoms with Gasteiger partial charge in [0.25, 0.3) is 0 Å². The van der Waals surface area contributed by atoms with Gasteiger partial charge in [0.2, 0.25) is 0 Å². The molecule has 0 aliphatic carbocycles. The highest BCUT2D eigenvalue weighted by Gasteiger charge is 2.25. The maximum atomic E-state index is 10.1. The first kappa shape index (κ1) is 23.0. The molecule has 0 bridgehead atoms. The summed E-state index contributed by atoms with van der Waals surface area (Å²) in [6.07, 6.45) is -0.689. The van der Waals surface area contributed by atoms with E-state index in [1.54, 1.807) is 27.7 Å². The average Bonchev–Trinajstić information content (AvgIpc) is 2.50. The third-order valence-electron chi connectivity index (χ3n) is 4.59. The van der Waals surface area contributed by atoms with Crippen molar-refractivity contribution in [3.63, 3.8) is 0 Å². The molecule has 6 nitrogen and oxygen atoms in total. The van der Waals surface area contributed by atoms with Crippen molar-refractivity contribution in [2.45, 2.75) is 90.9 Å². The van der Waals surface area contributed by atoms with Crippen LogP contribution in [-0.4, -0.2) is 44.8 Å². The molecule has 6 heteroatoms. The predicted molar refractivity (Wildman–Crippen MR) is 104 cm³/mol. The van der Waals surface area contributed by atoms with Crippen molar-refractivity contribution in [1.82, 2.24) is 0 Å². The van der Waals surface area contributed by atoms with Crippen LogP contribution in [0.1, 0.15) is 61.1 Å². The first-order valence-electron chi connectivity index (χ1n) is 9.41. The van der Waals surface area contributed by atoms with E-state index >= 15 is 0 Å². The van der Waals surface area contributed by atoms with Crippen molar-refractivity contribution in [1.29, 1.82) is 0 Å². The number of aliphatic hydroxyl groups is 4. The molecule has 150 valence electrons. The highest BCUT2D eigenvalue weighted by molar-refractivity contribution is 5.53. The van der Waals surface area contributed by atoms with E-state index < -0.39 is 24.4 Å². The Bertz CT molecular complexity index is 533. The maximum absolute atomic E-state index is 10.1. The first-order valence-corrected chi connectivity index (χ1v) is 9.41. The van der Waals surface area contributed by atoms with E-state index in [-0.39, 0.29) is 13.1 Å². The van der Waals surface area contributed by atoms with Crippen LogP contribution >= 0.6 is 0 Å². The van der Waals surface area contributed by atoms with Crippen LogP contribution < -0.4 is 11.5 Å². The fourth-order valence-electron chi connectivity index (χ4n) is 3.75. The lowest BCUT2D eigenvalue weighted by atomic mass is 9.79. The molecule has 0 aromatic heterocycles. The molecule has 4 atom stereocenters. The van der Waals surface area contributed by atoms with Crippen LogP contribution in [0.15, 0.2) is 0 Å². The molecule has 0 amide bonds. The quantitative estimate of drug-likeness (QED) is 0.352. The highest BCUT2D eigenvalue weighted by Crippen LogP contribution is 2.32. The lowest BCUT2D eigenvalue weighted by Gasteiger charge is -2.28. The summed E-state index contributed by atoms with van der Waals surface area (Å²) >= 11 is 0. The van der Waals surface area contributed by atoms with Gasteiger partial charge < -0.3 is 31.9 Å². The topological polar surface area (TPSA) is 133 Å². The lowest BCUT2D eigenvalue weighted by Crippen LogP contribution is -2.25. The largest absolute Gasteiger partial charge is 0.393 e. The maximum Gasteiger partial charge on any atom is 0.0552 e. The van der Waals surface area contributed by atoms with Crippen molar-refractivity contribution >= 4 is 0 Å². The Morgan fingerprint density at radius 2 is 0.692 bits per heavy atom. The summed E-state index contributed by atoms with van der Waals surface area (Å²) < 4.78 is 0. The second-order valence-corrected chi connectivity index (χ2v) is 7.49. The van der Waals surface area contributed by atoms with Crippen LogP contribution in [0.5, 0.6) is 0 Å². The van der Waals surface area contributed by atoms with Gasteiger partial charge in [-0.05, 0) is 86.8 Å². The molecule has 8 N–H and O–H groups in total. The first-order chi connectivity index (χ1) is 12.1. The molecule has 1 aromatic carbocycles. The number of hydrogen-bond acceptors (Lipinski definition) is 6. The van der Waals surface area contributed by atoms with Gasteiger partial charge in [0, 0.05) is 13.1 Å². The zero-order chi connectivity index (χ0) is 20.0. The predicted octanol–water partition coefficient (Wildman–Crippen LogP) is 0.297. The summed E-state index contributed by atoms with van der Waals surface area (Å²) in [5.74, 6) is 0. The van der Waals surface area contributed by atoms with Crippen LogP contribution in [0, 0.1) is 0 Å². The van der Waals surface area contributed by atoms with E-state index in [0.717, 1.165) is 33.4 Å². The summed E-state index contributed by atoms with van der Waals surface area (Å²) in [4.78, 5) is 0. The molecule has 4 unspecified atom stereocenters. The summed E-state index contributed by atoms with van der Waals surface area (Å²) in [5.41, 5.74) is 17.5. The second kappa shape index (κ2) is 10.3. The van der Waals surface area contributed by atoms with Gasteiger partial charge in [-0.2, -0.15) is 0 Å². The van der Waals surface area contributed by atoms with Gasteiger partial charge in [-0.3, -0.25) is 0 Å². The zero-order valence-electron chi connectivity index (χ0n) is 16.5. The Balaban J connectivity index is 3.86. The Labute approximate surface area is 156 Å². The van der Waals surface area contributed by atoms with Crippen LogP contribution in [0.3, 0.4) is 0 Å². The van der Waals surface area contributed by atoms with E-state index in [0.29, 0.717) is 25.7 Å². The van der Waals surface area contributed by atoms with E-state index in [1.165, 1.54) is 0 Å². The number of hydrogen-bond donors (Lipinski definition) is 6. The second-order valence-electron chi connectivity index (χ2n) is 7.49. The molecular weight excluding hydrogens is 332 g/mol. The minimum Gasteiger partial charge on any atom is -0.393 e. The monoisotopic (exact) mass is 368 g/mol. The van der Waals surface area contributed by atoms with Gasteiger partial charge in [0.05, 0.1) is 24.4 Å². The van der Waals surface area contributed by atoms with E-state index in [4.69, 9.17) is 11.5 Å². The molecule has 0 fully saturated rings. The van der Waals surface area contributed by atoms with Gasteiger partial charge in [0.1, 0.15) is 0 Å². The Morgan fingerprint density at radius 3 is 0.846 bits per heavy atom. The molecule has 1 rings (SSSR count). The van der Waals surface area contributed by atoms with Crippen molar-refractivity contribution < 1.29 is 20.4 Å². The molecule has 0 aliphatic heterocycles. The van der Waals surface area contributed by atoms with Crippen LogP contribution in [0.25, 0.3) is 0 Å². The van der Waals surface area contributed by atoms with Gasteiger partial charge >= 0.3 is 0 Å². The number of aliphatic hydroxyl groups excluding tert-OH is 4. The number of rotatable bonds is 10. The van der Waals surface area contributed by atoms with Crippen molar-refractivity contribution in [3.8, 4) is 0 Å². The van der Waals surface area contributed by atoms with E-state index in [2.05, 4.69) is 0 Å². The molecule has 26 heavy (non-hydrogen) atoms. The fraction of sp³-hybridized carbons (Fsp3) is 0.700. The summed E-state index contributed by atoms with van der Waals surface area (Å²) in [5, 5.41) is 40.1. The Morgan fingerprint density at radius 1 is 0.500 bits per heavy atom. The van der Waals surface area contributed by atoms with Crippen LogP contribution in [0.4, 0.5) is 0 Å². The molecule has 0 saturated heterocycles. The summed E-state index contributed by atoms with van der Waals surface area (Å²) in [6.45, 7) is 7.39. The zero-order valence-corrected chi connectivity index (χ0v) is 16.5. The van der Waals surface area contributed by atoms with Gasteiger partial charge in [0.15, 0.2) is 0 Å². The van der Waals surface area contributed by atoms with Crippen LogP contribution in [0.2, 0.25) is 0 Å². The number of nitrogens with two attached hydrogens (primary N) is 2. The molecular formula is C20H36N2O4. The third-order valence-corrected chi connectivity index (χ3v) is 4.59. The van der Waals surface area contributed by atoms with E-state index in [9.17, 15) is 20.4 Å². The number of benzene rings is 1.